The number of aromatic nitrogens is 1. The minimum atomic E-state index is -0.0763. The van der Waals surface area contributed by atoms with Gasteiger partial charge in [-0.25, -0.2) is 0 Å². The van der Waals surface area contributed by atoms with Crippen molar-refractivity contribution in [3.8, 4) is 5.75 Å². The van der Waals surface area contributed by atoms with Crippen molar-refractivity contribution in [3.63, 3.8) is 0 Å². The fourth-order valence-electron chi connectivity index (χ4n) is 2.98. The van der Waals surface area contributed by atoms with Gasteiger partial charge in [0.1, 0.15) is 5.75 Å². The van der Waals surface area contributed by atoms with Gasteiger partial charge in [0.2, 0.25) is 5.76 Å². The van der Waals surface area contributed by atoms with E-state index in [1.54, 1.807) is 6.07 Å². The SMILES string of the molecule is Cc1cc(C(=O)N2CCN(Cc3cccc(OC(C)C)c3)CC2)on1. The number of nitrogens with zero attached hydrogens (tertiary/aromatic N) is 3. The molecule has 0 saturated carbocycles. The first-order chi connectivity index (χ1) is 12.0. The molecule has 1 amide bonds. The molecule has 0 spiro atoms. The molecule has 2 heterocycles. The Morgan fingerprint density at radius 1 is 1.24 bits per heavy atom. The zero-order chi connectivity index (χ0) is 17.8. The van der Waals surface area contributed by atoms with Gasteiger partial charge in [0.05, 0.1) is 11.8 Å². The van der Waals surface area contributed by atoms with E-state index in [1.165, 1.54) is 5.56 Å². The van der Waals surface area contributed by atoms with Crippen molar-refractivity contribution < 1.29 is 14.1 Å². The van der Waals surface area contributed by atoms with E-state index in [9.17, 15) is 4.79 Å². The van der Waals surface area contributed by atoms with E-state index in [-0.39, 0.29) is 12.0 Å². The van der Waals surface area contributed by atoms with Gasteiger partial charge in [-0.05, 0) is 38.5 Å². The molecule has 1 fully saturated rings. The van der Waals surface area contributed by atoms with Crippen LogP contribution in [0.1, 0.15) is 35.7 Å². The summed E-state index contributed by atoms with van der Waals surface area (Å²) in [6.07, 6.45) is 0.171. The van der Waals surface area contributed by atoms with Crippen molar-refractivity contribution >= 4 is 5.91 Å². The third-order valence-electron chi connectivity index (χ3n) is 4.17. The summed E-state index contributed by atoms with van der Waals surface area (Å²) in [6.45, 7) is 9.80. The number of piperazine rings is 1. The Morgan fingerprint density at radius 3 is 2.64 bits per heavy atom. The molecule has 1 saturated heterocycles. The minimum absolute atomic E-state index is 0.0763. The lowest BCUT2D eigenvalue weighted by Gasteiger charge is -2.34. The first kappa shape index (κ1) is 17.5. The van der Waals surface area contributed by atoms with Gasteiger partial charge in [-0.1, -0.05) is 17.3 Å². The molecular weight excluding hydrogens is 318 g/mol. The third-order valence-corrected chi connectivity index (χ3v) is 4.17. The molecule has 1 aromatic carbocycles. The summed E-state index contributed by atoms with van der Waals surface area (Å²) in [7, 11) is 0. The van der Waals surface area contributed by atoms with Gasteiger partial charge in [0.25, 0.3) is 5.91 Å². The lowest BCUT2D eigenvalue weighted by atomic mass is 10.2. The van der Waals surface area contributed by atoms with Crippen LogP contribution in [-0.2, 0) is 6.54 Å². The summed E-state index contributed by atoms with van der Waals surface area (Å²) in [5, 5.41) is 3.79. The van der Waals surface area contributed by atoms with Crippen LogP contribution in [0.4, 0.5) is 0 Å². The van der Waals surface area contributed by atoms with Crippen molar-refractivity contribution in [1.82, 2.24) is 15.0 Å². The fraction of sp³-hybridized carbons (Fsp3) is 0.474. The van der Waals surface area contributed by atoms with Crippen molar-refractivity contribution in [1.29, 1.82) is 0 Å². The number of hydrogen-bond donors (Lipinski definition) is 0. The predicted octanol–water partition coefficient (Wildman–Crippen LogP) is 2.73. The Labute approximate surface area is 148 Å². The number of ether oxygens (including phenoxy) is 1. The summed E-state index contributed by atoms with van der Waals surface area (Å²) in [6, 6.07) is 9.91. The van der Waals surface area contributed by atoms with E-state index >= 15 is 0 Å². The third kappa shape index (κ3) is 4.60. The highest BCUT2D eigenvalue weighted by atomic mass is 16.5. The van der Waals surface area contributed by atoms with Crippen LogP contribution < -0.4 is 4.74 Å². The predicted molar refractivity (Wildman–Crippen MR) is 94.6 cm³/mol. The van der Waals surface area contributed by atoms with E-state index in [2.05, 4.69) is 22.2 Å². The maximum absolute atomic E-state index is 12.4. The van der Waals surface area contributed by atoms with Crippen LogP contribution in [0.25, 0.3) is 0 Å². The van der Waals surface area contributed by atoms with E-state index in [0.717, 1.165) is 31.1 Å². The zero-order valence-electron chi connectivity index (χ0n) is 15.1. The van der Waals surface area contributed by atoms with Crippen molar-refractivity contribution in [2.24, 2.45) is 0 Å². The number of carbonyl (C=O) groups excluding carboxylic acids is 1. The normalized spacial score (nSPS) is 15.6. The molecule has 6 heteroatoms. The molecule has 2 aromatic rings. The molecule has 25 heavy (non-hydrogen) atoms. The van der Waals surface area contributed by atoms with Crippen LogP contribution in [0.2, 0.25) is 0 Å². The molecular formula is C19H25N3O3. The van der Waals surface area contributed by atoms with Gasteiger partial charge >= 0.3 is 0 Å². The van der Waals surface area contributed by atoms with E-state index in [1.807, 2.05) is 37.8 Å². The first-order valence-corrected chi connectivity index (χ1v) is 8.72. The van der Waals surface area contributed by atoms with Gasteiger partial charge in [-0.2, -0.15) is 0 Å². The molecule has 6 nitrogen and oxygen atoms in total. The second-order valence-corrected chi connectivity index (χ2v) is 6.71. The lowest BCUT2D eigenvalue weighted by Crippen LogP contribution is -2.48. The van der Waals surface area contributed by atoms with Gasteiger partial charge < -0.3 is 14.2 Å². The molecule has 0 aliphatic carbocycles. The maximum atomic E-state index is 12.4. The summed E-state index contributed by atoms with van der Waals surface area (Å²) >= 11 is 0. The van der Waals surface area contributed by atoms with Crippen molar-refractivity contribution in [2.45, 2.75) is 33.4 Å². The van der Waals surface area contributed by atoms with Crippen molar-refractivity contribution in [3.05, 3.63) is 47.3 Å². The largest absolute Gasteiger partial charge is 0.491 e. The van der Waals surface area contributed by atoms with Crippen LogP contribution >= 0.6 is 0 Å². The Bertz CT molecular complexity index is 718. The van der Waals surface area contributed by atoms with Gasteiger partial charge in [0, 0.05) is 38.8 Å². The molecule has 0 radical (unpaired) electrons. The Hall–Kier alpha value is -2.34. The van der Waals surface area contributed by atoms with Crippen LogP contribution in [0, 0.1) is 6.92 Å². The number of carbonyl (C=O) groups is 1. The summed E-state index contributed by atoms with van der Waals surface area (Å²) < 4.78 is 10.8. The number of hydrogen-bond acceptors (Lipinski definition) is 5. The van der Waals surface area contributed by atoms with E-state index < -0.39 is 0 Å². The molecule has 1 aliphatic rings. The zero-order valence-corrected chi connectivity index (χ0v) is 15.1. The van der Waals surface area contributed by atoms with Gasteiger partial charge in [-0.3, -0.25) is 9.69 Å². The lowest BCUT2D eigenvalue weighted by molar-refractivity contribution is 0.0588. The topological polar surface area (TPSA) is 58.8 Å². The molecule has 0 atom stereocenters. The highest BCUT2D eigenvalue weighted by molar-refractivity contribution is 5.91. The van der Waals surface area contributed by atoms with Crippen molar-refractivity contribution in [2.75, 3.05) is 26.2 Å². The molecule has 1 aliphatic heterocycles. The van der Waals surface area contributed by atoms with Gasteiger partial charge in [-0.15, -0.1) is 0 Å². The highest BCUT2D eigenvalue weighted by Gasteiger charge is 2.24. The molecule has 0 unspecified atom stereocenters. The smallest absolute Gasteiger partial charge is 0.292 e. The average molecular weight is 343 g/mol. The summed E-state index contributed by atoms with van der Waals surface area (Å²) in [5.41, 5.74) is 1.95. The fourth-order valence-corrected chi connectivity index (χ4v) is 2.98. The second-order valence-electron chi connectivity index (χ2n) is 6.71. The minimum Gasteiger partial charge on any atom is -0.491 e. The quantitative estimate of drug-likeness (QED) is 0.835. The Morgan fingerprint density at radius 2 is 2.00 bits per heavy atom. The van der Waals surface area contributed by atoms with E-state index in [4.69, 9.17) is 9.26 Å². The van der Waals surface area contributed by atoms with E-state index in [0.29, 0.717) is 18.8 Å². The standard InChI is InChI=1S/C19H25N3O3/c1-14(2)24-17-6-4-5-16(12-17)13-21-7-9-22(10-8-21)19(23)18-11-15(3)20-25-18/h4-6,11-12,14H,7-10,13H2,1-3H3. The Balaban J connectivity index is 1.53. The highest BCUT2D eigenvalue weighted by Crippen LogP contribution is 2.17. The Kier molecular flexibility index (Phi) is 5.38. The number of rotatable bonds is 5. The molecule has 3 rings (SSSR count). The number of benzene rings is 1. The molecule has 134 valence electrons. The molecule has 1 aromatic heterocycles. The van der Waals surface area contributed by atoms with Crippen LogP contribution in [0.5, 0.6) is 5.75 Å². The molecule has 0 N–H and O–H groups in total. The first-order valence-electron chi connectivity index (χ1n) is 8.72. The maximum Gasteiger partial charge on any atom is 0.292 e. The second kappa shape index (κ2) is 7.70. The van der Waals surface area contributed by atoms with Crippen LogP contribution in [-0.4, -0.2) is 53.1 Å². The van der Waals surface area contributed by atoms with Crippen LogP contribution in [0.15, 0.2) is 34.9 Å². The van der Waals surface area contributed by atoms with Gasteiger partial charge in [0.15, 0.2) is 0 Å². The average Bonchev–Trinajstić information content (AvgIpc) is 3.01. The number of amides is 1. The van der Waals surface area contributed by atoms with Crippen LogP contribution in [0.3, 0.4) is 0 Å². The number of aryl methyl sites for hydroxylation is 1. The monoisotopic (exact) mass is 343 g/mol. The molecule has 0 bridgehead atoms. The summed E-state index contributed by atoms with van der Waals surface area (Å²) in [5.74, 6) is 1.15. The summed E-state index contributed by atoms with van der Waals surface area (Å²) in [4.78, 5) is 16.6.